The zero-order chi connectivity index (χ0) is 13.8. The lowest BCUT2D eigenvalue weighted by Gasteiger charge is -2.19. The third kappa shape index (κ3) is 3.84. The van der Waals surface area contributed by atoms with Crippen LogP contribution in [0.25, 0.3) is 6.08 Å². The Balaban J connectivity index is 3.19. The van der Waals surface area contributed by atoms with Crippen LogP contribution in [0.5, 0.6) is 0 Å². The van der Waals surface area contributed by atoms with Gasteiger partial charge in [0.1, 0.15) is 0 Å². The van der Waals surface area contributed by atoms with Crippen molar-refractivity contribution in [3.8, 4) is 0 Å². The quantitative estimate of drug-likeness (QED) is 0.468. The molecule has 0 unspecified atom stereocenters. The van der Waals surface area contributed by atoms with E-state index < -0.39 is 8.07 Å². The van der Waals surface area contributed by atoms with Gasteiger partial charge >= 0.3 is 5.97 Å². The zero-order valence-electron chi connectivity index (χ0n) is 11.9. The van der Waals surface area contributed by atoms with Gasteiger partial charge < -0.3 is 4.74 Å². The van der Waals surface area contributed by atoms with E-state index >= 15 is 0 Å². The molecule has 0 N–H and O–H groups in total. The maximum absolute atomic E-state index is 12.0. The van der Waals surface area contributed by atoms with Crippen LogP contribution in [0.1, 0.15) is 18.1 Å². The van der Waals surface area contributed by atoms with Crippen LogP contribution in [0.15, 0.2) is 29.5 Å². The van der Waals surface area contributed by atoms with Crippen LogP contribution in [-0.4, -0.2) is 20.7 Å². The summed E-state index contributed by atoms with van der Waals surface area (Å²) in [5.74, 6) is -0.167. The van der Waals surface area contributed by atoms with Gasteiger partial charge in [-0.3, -0.25) is 0 Å². The predicted molar refractivity (Wildman–Crippen MR) is 79.1 cm³/mol. The first-order valence-corrected chi connectivity index (χ1v) is 9.81. The molecule has 0 aromatic heterocycles. The summed E-state index contributed by atoms with van der Waals surface area (Å²) in [6.07, 6.45) is 2.00. The fourth-order valence-corrected chi connectivity index (χ4v) is 2.97. The van der Waals surface area contributed by atoms with Crippen molar-refractivity contribution in [2.75, 3.05) is 6.61 Å². The number of rotatable bonds is 4. The van der Waals surface area contributed by atoms with Crippen LogP contribution < -0.4 is 0 Å². The second kappa shape index (κ2) is 6.00. The van der Waals surface area contributed by atoms with Gasteiger partial charge in [-0.1, -0.05) is 43.9 Å². The van der Waals surface area contributed by atoms with E-state index in [0.717, 1.165) is 10.8 Å². The third-order valence-corrected chi connectivity index (χ3v) is 4.76. The van der Waals surface area contributed by atoms with Crippen LogP contribution in [-0.2, 0) is 9.53 Å². The summed E-state index contributed by atoms with van der Waals surface area (Å²) >= 11 is 0. The van der Waals surface area contributed by atoms with Crippen molar-refractivity contribution in [2.45, 2.75) is 33.5 Å². The molecule has 0 atom stereocenters. The van der Waals surface area contributed by atoms with E-state index in [0.29, 0.717) is 6.61 Å². The van der Waals surface area contributed by atoms with Gasteiger partial charge in [0, 0.05) is 5.20 Å². The van der Waals surface area contributed by atoms with Gasteiger partial charge in [-0.25, -0.2) is 4.79 Å². The van der Waals surface area contributed by atoms with Gasteiger partial charge in [-0.2, -0.15) is 0 Å². The highest BCUT2D eigenvalue weighted by atomic mass is 28.3. The standard InChI is InChI=1S/C15H22O2Si/c1-6-17-15(16)14(18(3,4)5)11-13-10-8-7-9-12(13)2/h7-11H,6H2,1-5H3/b14-11+. The van der Waals surface area contributed by atoms with Crippen LogP contribution >= 0.6 is 0 Å². The van der Waals surface area contributed by atoms with E-state index in [2.05, 4.69) is 32.6 Å². The Labute approximate surface area is 111 Å². The number of aryl methyl sites for hydroxylation is 1. The Bertz CT molecular complexity index is 456. The molecule has 0 spiro atoms. The number of benzene rings is 1. The van der Waals surface area contributed by atoms with Crippen molar-refractivity contribution >= 4 is 20.1 Å². The largest absolute Gasteiger partial charge is 0.463 e. The highest BCUT2D eigenvalue weighted by Crippen LogP contribution is 2.21. The second-order valence-electron chi connectivity index (χ2n) is 5.39. The smallest absolute Gasteiger partial charge is 0.329 e. The Hall–Kier alpha value is -1.35. The van der Waals surface area contributed by atoms with E-state index in [-0.39, 0.29) is 5.97 Å². The molecular formula is C15H22O2Si. The van der Waals surface area contributed by atoms with Gasteiger partial charge in [-0.15, -0.1) is 0 Å². The monoisotopic (exact) mass is 262 g/mol. The first-order valence-electron chi connectivity index (χ1n) is 6.31. The van der Waals surface area contributed by atoms with Crippen LogP contribution in [0.2, 0.25) is 19.6 Å². The van der Waals surface area contributed by atoms with Crippen molar-refractivity contribution < 1.29 is 9.53 Å². The number of hydrogen-bond acceptors (Lipinski definition) is 2. The molecule has 0 radical (unpaired) electrons. The first kappa shape index (κ1) is 14.7. The Morgan fingerprint density at radius 3 is 2.39 bits per heavy atom. The molecule has 0 aliphatic heterocycles. The topological polar surface area (TPSA) is 26.3 Å². The number of hydrogen-bond donors (Lipinski definition) is 0. The molecule has 0 aliphatic carbocycles. The summed E-state index contributed by atoms with van der Waals surface area (Å²) < 4.78 is 5.17. The van der Waals surface area contributed by atoms with E-state index in [4.69, 9.17) is 4.74 Å². The molecule has 0 aliphatic rings. The molecule has 0 amide bonds. The van der Waals surface area contributed by atoms with E-state index in [9.17, 15) is 4.79 Å². The van der Waals surface area contributed by atoms with Gasteiger partial charge in [0.15, 0.2) is 0 Å². The molecule has 0 bridgehead atoms. The maximum atomic E-state index is 12.0. The first-order chi connectivity index (χ1) is 8.36. The number of carbonyl (C=O) groups is 1. The van der Waals surface area contributed by atoms with Gasteiger partial charge in [-0.05, 0) is 31.1 Å². The third-order valence-electron chi connectivity index (χ3n) is 2.79. The maximum Gasteiger partial charge on any atom is 0.329 e. The Morgan fingerprint density at radius 1 is 1.28 bits per heavy atom. The van der Waals surface area contributed by atoms with Crippen molar-refractivity contribution in [3.05, 3.63) is 40.6 Å². The molecule has 1 aromatic carbocycles. The number of esters is 1. The van der Waals surface area contributed by atoms with E-state index in [1.165, 1.54) is 5.56 Å². The van der Waals surface area contributed by atoms with Crippen molar-refractivity contribution in [1.82, 2.24) is 0 Å². The van der Waals surface area contributed by atoms with Crippen LogP contribution in [0.3, 0.4) is 0 Å². The van der Waals surface area contributed by atoms with E-state index in [1.807, 2.05) is 31.2 Å². The zero-order valence-corrected chi connectivity index (χ0v) is 12.9. The molecule has 0 heterocycles. The van der Waals surface area contributed by atoms with Gasteiger partial charge in [0.05, 0.1) is 14.7 Å². The molecule has 1 rings (SSSR count). The Morgan fingerprint density at radius 2 is 1.89 bits per heavy atom. The normalized spacial score (nSPS) is 12.4. The summed E-state index contributed by atoms with van der Waals surface area (Å²) in [7, 11) is -1.71. The van der Waals surface area contributed by atoms with Crippen molar-refractivity contribution in [3.63, 3.8) is 0 Å². The van der Waals surface area contributed by atoms with Crippen molar-refractivity contribution in [1.29, 1.82) is 0 Å². The summed E-state index contributed by atoms with van der Waals surface area (Å²) in [4.78, 5) is 12.0. The molecular weight excluding hydrogens is 240 g/mol. The summed E-state index contributed by atoms with van der Waals surface area (Å²) in [5, 5.41) is 0.846. The molecule has 98 valence electrons. The van der Waals surface area contributed by atoms with Crippen molar-refractivity contribution in [2.24, 2.45) is 0 Å². The minimum absolute atomic E-state index is 0.167. The number of ether oxygens (including phenoxy) is 1. The second-order valence-corrected chi connectivity index (χ2v) is 10.4. The average Bonchev–Trinajstić information content (AvgIpc) is 2.26. The Kier molecular flexibility index (Phi) is 4.90. The SMILES string of the molecule is CCOC(=O)/C(=C\c1ccccc1C)[Si](C)(C)C. The van der Waals surface area contributed by atoms with E-state index in [1.54, 1.807) is 0 Å². The fourth-order valence-electron chi connectivity index (χ4n) is 1.69. The highest BCUT2D eigenvalue weighted by molar-refractivity contribution is 6.87. The number of carbonyl (C=O) groups excluding carboxylic acids is 1. The molecule has 0 saturated heterocycles. The van der Waals surface area contributed by atoms with Gasteiger partial charge in [0.25, 0.3) is 0 Å². The lowest BCUT2D eigenvalue weighted by atomic mass is 10.1. The minimum Gasteiger partial charge on any atom is -0.463 e. The minimum atomic E-state index is -1.71. The summed E-state index contributed by atoms with van der Waals surface area (Å²) in [5.41, 5.74) is 2.28. The van der Waals surface area contributed by atoms with Crippen LogP contribution in [0.4, 0.5) is 0 Å². The molecule has 0 saturated carbocycles. The molecule has 1 aromatic rings. The average molecular weight is 262 g/mol. The van der Waals surface area contributed by atoms with Crippen LogP contribution in [0, 0.1) is 6.92 Å². The van der Waals surface area contributed by atoms with Gasteiger partial charge in [0.2, 0.25) is 0 Å². The molecule has 2 nitrogen and oxygen atoms in total. The summed E-state index contributed by atoms with van der Waals surface area (Å²) in [6.45, 7) is 10.8. The highest BCUT2D eigenvalue weighted by Gasteiger charge is 2.27. The summed E-state index contributed by atoms with van der Waals surface area (Å²) in [6, 6.07) is 8.09. The predicted octanol–water partition coefficient (Wildman–Crippen LogP) is 3.82. The molecule has 3 heteroatoms. The lowest BCUT2D eigenvalue weighted by molar-refractivity contribution is -0.137. The fraction of sp³-hybridized carbons (Fsp3) is 0.400. The molecule has 0 fully saturated rings. The lowest BCUT2D eigenvalue weighted by Crippen LogP contribution is -2.30. The molecule has 18 heavy (non-hydrogen) atoms.